The van der Waals surface area contributed by atoms with Gasteiger partial charge in [0.1, 0.15) is 0 Å². The van der Waals surface area contributed by atoms with Gasteiger partial charge in [-0.2, -0.15) is 0 Å². The molecule has 0 spiro atoms. The second-order valence-electron chi connectivity index (χ2n) is 13.6. The number of hydrogen-bond donors (Lipinski definition) is 0. The zero-order valence-electron chi connectivity index (χ0n) is 28.1. The third kappa shape index (κ3) is 5.95. The fourth-order valence-corrected chi connectivity index (χ4v) is 6.27. The van der Waals surface area contributed by atoms with E-state index in [1.165, 1.54) is 10.9 Å². The highest BCUT2D eigenvalue weighted by Gasteiger charge is 2.51. The van der Waals surface area contributed by atoms with Crippen molar-refractivity contribution >= 4 is 23.4 Å². The summed E-state index contributed by atoms with van der Waals surface area (Å²) in [5, 5.41) is 2.31. The molecule has 2 heterocycles. The van der Waals surface area contributed by atoms with Crippen LogP contribution in [0.25, 0.3) is 67.2 Å². The van der Waals surface area contributed by atoms with Gasteiger partial charge in [0.25, 0.3) is 0 Å². The van der Waals surface area contributed by atoms with Gasteiger partial charge in [0.15, 0.2) is 17.5 Å². The van der Waals surface area contributed by atoms with E-state index in [-0.39, 0.29) is 11.2 Å². The van der Waals surface area contributed by atoms with Gasteiger partial charge in [-0.25, -0.2) is 15.0 Å². The number of rotatable bonds is 6. The number of benzene rings is 6. The van der Waals surface area contributed by atoms with Crippen molar-refractivity contribution in [1.82, 2.24) is 15.0 Å². The Morgan fingerprint density at radius 3 is 1.43 bits per heavy atom. The number of hydrogen-bond acceptors (Lipinski definition) is 5. The summed E-state index contributed by atoms with van der Waals surface area (Å²) in [6.07, 6.45) is 0. The lowest BCUT2D eigenvalue weighted by atomic mass is 9.78. The van der Waals surface area contributed by atoms with Crippen molar-refractivity contribution in [3.8, 4) is 56.4 Å². The molecule has 7 aromatic rings. The van der Waals surface area contributed by atoms with Crippen LogP contribution < -0.4 is 5.46 Å². The first-order valence-electron chi connectivity index (χ1n) is 16.7. The molecular weight excluding hydrogens is 601 g/mol. The van der Waals surface area contributed by atoms with Gasteiger partial charge in [-0.1, -0.05) is 146 Å². The Hall–Kier alpha value is -5.43. The van der Waals surface area contributed by atoms with Crippen molar-refractivity contribution in [2.24, 2.45) is 0 Å². The van der Waals surface area contributed by atoms with E-state index in [9.17, 15) is 0 Å². The third-order valence-corrected chi connectivity index (χ3v) is 9.80. The average molecular weight is 638 g/mol. The topological polar surface area (TPSA) is 57.1 Å². The average Bonchev–Trinajstić information content (AvgIpc) is 3.37. The molecule has 1 fully saturated rings. The van der Waals surface area contributed by atoms with E-state index < -0.39 is 7.12 Å². The zero-order chi connectivity index (χ0) is 33.6. The molecule has 0 N–H and O–H groups in total. The predicted molar refractivity (Wildman–Crippen MR) is 200 cm³/mol. The van der Waals surface area contributed by atoms with Crippen LogP contribution in [0.2, 0.25) is 0 Å². The van der Waals surface area contributed by atoms with Gasteiger partial charge in [-0.15, -0.1) is 0 Å². The lowest BCUT2D eigenvalue weighted by Gasteiger charge is -2.32. The van der Waals surface area contributed by atoms with Crippen molar-refractivity contribution in [3.63, 3.8) is 0 Å². The standard InChI is InChI=1S/C43H36BN3O2/c1-42(2)43(3,4)49-44(48-42)36-26-27-38-35(28-36)16-11-17-37(38)31-20-24-34(25-21-31)41-46-39(32-14-9-6-10-15-32)45-40(47-41)33-22-18-30(19-23-33)29-12-7-5-8-13-29/h5-28H,1-4H3. The van der Waals surface area contributed by atoms with Crippen molar-refractivity contribution in [2.75, 3.05) is 0 Å². The van der Waals surface area contributed by atoms with Gasteiger partial charge in [0.2, 0.25) is 0 Å². The predicted octanol–water partition coefficient (Wildman–Crippen LogP) is 9.66. The summed E-state index contributed by atoms with van der Waals surface area (Å²) in [6, 6.07) is 50.2. The summed E-state index contributed by atoms with van der Waals surface area (Å²) >= 11 is 0. The van der Waals surface area contributed by atoms with E-state index in [1.54, 1.807) is 0 Å². The molecule has 1 aliphatic heterocycles. The summed E-state index contributed by atoms with van der Waals surface area (Å²) in [7, 11) is -0.398. The Labute approximate surface area is 287 Å². The summed E-state index contributed by atoms with van der Waals surface area (Å²) in [4.78, 5) is 14.8. The normalized spacial score (nSPS) is 15.1. The number of fused-ring (bicyclic) bond motifs is 1. The third-order valence-electron chi connectivity index (χ3n) is 9.80. The van der Waals surface area contributed by atoms with E-state index in [0.717, 1.165) is 44.2 Å². The summed E-state index contributed by atoms with van der Waals surface area (Å²) in [5.74, 6) is 1.91. The maximum atomic E-state index is 6.33. The van der Waals surface area contributed by atoms with Crippen LogP contribution in [-0.4, -0.2) is 33.3 Å². The maximum Gasteiger partial charge on any atom is 0.494 e. The van der Waals surface area contributed by atoms with Gasteiger partial charge in [0.05, 0.1) is 11.2 Å². The summed E-state index contributed by atoms with van der Waals surface area (Å²) in [6.45, 7) is 8.33. The molecule has 1 aromatic heterocycles. The molecular formula is C43H36BN3O2. The molecule has 1 aliphatic rings. The van der Waals surface area contributed by atoms with Crippen LogP contribution in [0.15, 0.2) is 146 Å². The van der Waals surface area contributed by atoms with Gasteiger partial charge in [0, 0.05) is 16.7 Å². The van der Waals surface area contributed by atoms with Crippen LogP contribution in [0.3, 0.4) is 0 Å². The van der Waals surface area contributed by atoms with Crippen LogP contribution in [0.5, 0.6) is 0 Å². The highest BCUT2D eigenvalue weighted by molar-refractivity contribution is 6.62. The second-order valence-corrected chi connectivity index (χ2v) is 13.6. The van der Waals surface area contributed by atoms with E-state index in [1.807, 2.05) is 36.4 Å². The highest BCUT2D eigenvalue weighted by Crippen LogP contribution is 2.37. The SMILES string of the molecule is CC1(C)OB(c2ccc3c(-c4ccc(-c5nc(-c6ccccc6)nc(-c6ccc(-c7ccccc7)cc6)n5)cc4)cccc3c2)OC1(C)C. The molecule has 0 aliphatic carbocycles. The molecule has 1 saturated heterocycles. The van der Waals surface area contributed by atoms with Crippen LogP contribution in [0, 0.1) is 0 Å². The molecule has 0 amide bonds. The van der Waals surface area contributed by atoms with E-state index >= 15 is 0 Å². The Morgan fingerprint density at radius 2 is 0.878 bits per heavy atom. The molecule has 0 unspecified atom stereocenters. The number of nitrogens with zero attached hydrogens (tertiary/aromatic N) is 3. The highest BCUT2D eigenvalue weighted by atomic mass is 16.7. The van der Waals surface area contributed by atoms with Crippen molar-refractivity contribution in [1.29, 1.82) is 0 Å². The minimum Gasteiger partial charge on any atom is -0.399 e. The fraction of sp³-hybridized carbons (Fsp3) is 0.140. The van der Waals surface area contributed by atoms with Crippen molar-refractivity contribution in [2.45, 2.75) is 38.9 Å². The maximum absolute atomic E-state index is 6.33. The molecule has 8 rings (SSSR count). The second kappa shape index (κ2) is 12.2. The Kier molecular flexibility index (Phi) is 7.71. The smallest absolute Gasteiger partial charge is 0.399 e. The lowest BCUT2D eigenvalue weighted by Crippen LogP contribution is -2.41. The molecule has 6 heteroatoms. The minimum atomic E-state index is -0.398. The van der Waals surface area contributed by atoms with E-state index in [4.69, 9.17) is 24.3 Å². The molecule has 49 heavy (non-hydrogen) atoms. The number of aromatic nitrogens is 3. The van der Waals surface area contributed by atoms with Crippen LogP contribution in [0.4, 0.5) is 0 Å². The lowest BCUT2D eigenvalue weighted by molar-refractivity contribution is 0.00578. The summed E-state index contributed by atoms with van der Waals surface area (Å²) in [5.41, 5.74) is 7.66. The van der Waals surface area contributed by atoms with Crippen molar-refractivity contribution in [3.05, 3.63) is 146 Å². The molecule has 5 nitrogen and oxygen atoms in total. The molecule has 0 saturated carbocycles. The van der Waals surface area contributed by atoms with Crippen LogP contribution >= 0.6 is 0 Å². The zero-order valence-corrected chi connectivity index (χ0v) is 28.1. The first-order valence-corrected chi connectivity index (χ1v) is 16.7. The molecule has 6 aromatic carbocycles. The first-order chi connectivity index (χ1) is 23.7. The molecule has 0 atom stereocenters. The minimum absolute atomic E-state index is 0.385. The van der Waals surface area contributed by atoms with Gasteiger partial charge in [-0.3, -0.25) is 0 Å². The Balaban J connectivity index is 1.13. The van der Waals surface area contributed by atoms with Gasteiger partial charge >= 0.3 is 7.12 Å². The largest absolute Gasteiger partial charge is 0.494 e. The van der Waals surface area contributed by atoms with E-state index in [0.29, 0.717) is 17.5 Å². The van der Waals surface area contributed by atoms with Crippen LogP contribution in [0.1, 0.15) is 27.7 Å². The molecule has 0 radical (unpaired) electrons. The fourth-order valence-electron chi connectivity index (χ4n) is 6.27. The van der Waals surface area contributed by atoms with Gasteiger partial charge in [-0.05, 0) is 66.2 Å². The van der Waals surface area contributed by atoms with Gasteiger partial charge < -0.3 is 9.31 Å². The quantitative estimate of drug-likeness (QED) is 0.170. The first kappa shape index (κ1) is 30.9. The Morgan fingerprint density at radius 1 is 0.429 bits per heavy atom. The van der Waals surface area contributed by atoms with Crippen molar-refractivity contribution < 1.29 is 9.31 Å². The van der Waals surface area contributed by atoms with Crippen LogP contribution in [-0.2, 0) is 9.31 Å². The Bertz CT molecular complexity index is 2250. The summed E-state index contributed by atoms with van der Waals surface area (Å²) < 4.78 is 12.7. The monoisotopic (exact) mass is 637 g/mol. The van der Waals surface area contributed by atoms with E-state index in [2.05, 4.69) is 137 Å². The molecule has 238 valence electrons. The molecule has 0 bridgehead atoms.